The predicted molar refractivity (Wildman–Crippen MR) is 89.8 cm³/mol. The van der Waals surface area contributed by atoms with Crippen LogP contribution in [0.15, 0.2) is 34.6 Å². The van der Waals surface area contributed by atoms with Gasteiger partial charge in [0, 0.05) is 12.0 Å². The van der Waals surface area contributed by atoms with Crippen LogP contribution in [-0.4, -0.2) is 17.7 Å². The summed E-state index contributed by atoms with van der Waals surface area (Å²) in [6.45, 7) is 0. The highest BCUT2D eigenvalue weighted by molar-refractivity contribution is 9.11. The van der Waals surface area contributed by atoms with Gasteiger partial charge in [0.1, 0.15) is 5.84 Å². The number of rotatable bonds is 7. The Balaban J connectivity index is 1.69. The number of amidine groups is 1. The maximum Gasteiger partial charge on any atom is 0.317 e. The van der Waals surface area contributed by atoms with Crippen LogP contribution in [0.2, 0.25) is 0 Å². The Morgan fingerprint density at radius 3 is 2.57 bits per heavy atom. The molecule has 122 valence electrons. The summed E-state index contributed by atoms with van der Waals surface area (Å²) in [6, 6.07) is 7.54. The second-order valence-corrected chi connectivity index (χ2v) is 5.99. The Hall–Kier alpha value is -2.15. The van der Waals surface area contributed by atoms with Gasteiger partial charge < -0.3 is 15.8 Å². The van der Waals surface area contributed by atoms with E-state index in [4.69, 9.17) is 15.9 Å². The van der Waals surface area contributed by atoms with Gasteiger partial charge in [0.05, 0.1) is 12.1 Å². The van der Waals surface area contributed by atoms with Crippen molar-refractivity contribution >= 4 is 33.6 Å². The van der Waals surface area contributed by atoms with Gasteiger partial charge in [-0.2, -0.15) is 0 Å². The van der Waals surface area contributed by atoms with Gasteiger partial charge in [0.15, 0.2) is 4.67 Å². The lowest BCUT2D eigenvalue weighted by molar-refractivity contribution is -0.135. The van der Waals surface area contributed by atoms with Crippen molar-refractivity contribution in [1.29, 1.82) is 5.41 Å². The summed E-state index contributed by atoms with van der Waals surface area (Å²) in [6.07, 6.45) is 2.97. The largest absolute Gasteiger partial charge is 0.417 e. The van der Waals surface area contributed by atoms with Crippen molar-refractivity contribution in [3.63, 3.8) is 0 Å². The lowest BCUT2D eigenvalue weighted by atomic mass is 10.0. The second-order valence-electron chi connectivity index (χ2n) is 5.27. The number of carbonyl (C=O) groups excluding carboxylic acids is 2. The van der Waals surface area contributed by atoms with E-state index in [-0.39, 0.29) is 24.1 Å². The number of carbonyl (C=O) groups is 2. The lowest BCUT2D eigenvalue weighted by Gasteiger charge is -2.05. The van der Waals surface area contributed by atoms with E-state index in [0.717, 1.165) is 24.8 Å². The van der Waals surface area contributed by atoms with Crippen LogP contribution in [0.5, 0.6) is 0 Å². The van der Waals surface area contributed by atoms with E-state index < -0.39 is 0 Å². The first-order valence-corrected chi connectivity index (χ1v) is 8.07. The molecule has 0 atom stereocenters. The Morgan fingerprint density at radius 1 is 1.30 bits per heavy atom. The Morgan fingerprint density at radius 2 is 2.00 bits per heavy atom. The van der Waals surface area contributed by atoms with Gasteiger partial charge >= 0.3 is 5.97 Å². The number of nitrogens with two attached hydrogens (primary N) is 1. The minimum Gasteiger partial charge on any atom is -0.417 e. The molecule has 7 heteroatoms. The molecule has 1 aromatic carbocycles. The molecule has 0 saturated heterocycles. The minimum absolute atomic E-state index is 0.0584. The van der Waals surface area contributed by atoms with Crippen LogP contribution in [0.1, 0.15) is 36.8 Å². The summed E-state index contributed by atoms with van der Waals surface area (Å²) in [5.41, 5.74) is 7.75. The standard InChI is InChI=1S/C16H18BrN3O3/c17-15-12(9-14(22)23-15)20-13(21)4-2-1-3-10-5-7-11(8-6-10)16(18)19/h5-8H,1-4,9H2,(H3,18,19)(H,20,21). The zero-order valence-corrected chi connectivity index (χ0v) is 14.1. The average Bonchev–Trinajstić information content (AvgIpc) is 2.82. The van der Waals surface area contributed by atoms with E-state index in [1.807, 2.05) is 24.3 Å². The summed E-state index contributed by atoms with van der Waals surface area (Å²) >= 11 is 3.10. The van der Waals surface area contributed by atoms with E-state index in [9.17, 15) is 9.59 Å². The molecule has 0 aromatic heterocycles. The molecule has 2 rings (SSSR count). The molecule has 0 spiro atoms. The van der Waals surface area contributed by atoms with Crippen LogP contribution in [-0.2, 0) is 20.7 Å². The van der Waals surface area contributed by atoms with E-state index in [1.54, 1.807) is 0 Å². The fourth-order valence-corrected chi connectivity index (χ4v) is 2.62. The fraction of sp³-hybridized carbons (Fsp3) is 0.312. The van der Waals surface area contributed by atoms with E-state index in [1.165, 1.54) is 0 Å². The molecule has 1 aliphatic heterocycles. The van der Waals surface area contributed by atoms with Crippen molar-refractivity contribution in [3.05, 3.63) is 45.8 Å². The average molecular weight is 380 g/mol. The highest BCUT2D eigenvalue weighted by Gasteiger charge is 2.23. The summed E-state index contributed by atoms with van der Waals surface area (Å²) in [4.78, 5) is 22.9. The molecule has 0 radical (unpaired) electrons. The van der Waals surface area contributed by atoms with Crippen LogP contribution in [0.3, 0.4) is 0 Å². The molecule has 6 nitrogen and oxygen atoms in total. The van der Waals surface area contributed by atoms with Crippen LogP contribution in [0.25, 0.3) is 0 Å². The molecule has 1 heterocycles. The number of cyclic esters (lactones) is 1. The van der Waals surface area contributed by atoms with Gasteiger partial charge in [-0.3, -0.25) is 15.0 Å². The fourth-order valence-electron chi connectivity index (χ4n) is 2.20. The molecule has 0 bridgehead atoms. The van der Waals surface area contributed by atoms with Crippen LogP contribution in [0, 0.1) is 5.41 Å². The van der Waals surface area contributed by atoms with Crippen molar-refractivity contribution in [2.24, 2.45) is 5.73 Å². The van der Waals surface area contributed by atoms with Gasteiger partial charge in [0.2, 0.25) is 5.91 Å². The van der Waals surface area contributed by atoms with Gasteiger partial charge in [-0.05, 0) is 40.8 Å². The van der Waals surface area contributed by atoms with Gasteiger partial charge in [-0.1, -0.05) is 24.3 Å². The minimum atomic E-state index is -0.374. The van der Waals surface area contributed by atoms with Crippen molar-refractivity contribution < 1.29 is 14.3 Å². The van der Waals surface area contributed by atoms with Crippen LogP contribution >= 0.6 is 15.9 Å². The molecule has 0 fully saturated rings. The molecule has 1 amide bonds. The predicted octanol–water partition coefficient (Wildman–Crippen LogP) is 2.31. The first-order valence-electron chi connectivity index (χ1n) is 7.28. The summed E-state index contributed by atoms with van der Waals surface area (Å²) in [5, 5.41) is 10.0. The topological polar surface area (TPSA) is 105 Å². The molecule has 23 heavy (non-hydrogen) atoms. The maximum absolute atomic E-state index is 11.8. The number of ether oxygens (including phenoxy) is 1. The van der Waals surface area contributed by atoms with E-state index in [0.29, 0.717) is 22.3 Å². The Bertz CT molecular complexity index is 653. The number of unbranched alkanes of at least 4 members (excludes halogenated alkanes) is 1. The highest BCUT2D eigenvalue weighted by atomic mass is 79.9. The van der Waals surface area contributed by atoms with Crippen LogP contribution in [0.4, 0.5) is 0 Å². The highest BCUT2D eigenvalue weighted by Crippen LogP contribution is 2.23. The normalized spacial score (nSPS) is 13.9. The quantitative estimate of drug-likeness (QED) is 0.292. The van der Waals surface area contributed by atoms with Crippen molar-refractivity contribution in [1.82, 2.24) is 5.32 Å². The number of halogens is 1. The third-order valence-corrected chi connectivity index (χ3v) is 4.08. The van der Waals surface area contributed by atoms with E-state index >= 15 is 0 Å². The first-order chi connectivity index (χ1) is 11.0. The Kier molecular flexibility index (Phi) is 5.92. The number of aryl methyl sites for hydroxylation is 1. The number of amides is 1. The molecule has 0 unspecified atom stereocenters. The smallest absolute Gasteiger partial charge is 0.317 e. The Labute approximate surface area is 142 Å². The maximum atomic E-state index is 11.8. The van der Waals surface area contributed by atoms with Crippen molar-refractivity contribution in [3.8, 4) is 0 Å². The number of esters is 1. The molecular weight excluding hydrogens is 362 g/mol. The number of nitrogen functional groups attached to an aromatic ring is 1. The molecule has 4 N–H and O–H groups in total. The SMILES string of the molecule is N=C(N)c1ccc(CCCCC(=O)NC2=C(Br)OC(=O)C2)cc1. The number of hydrogen-bond acceptors (Lipinski definition) is 4. The van der Waals surface area contributed by atoms with Crippen LogP contribution < -0.4 is 11.1 Å². The van der Waals surface area contributed by atoms with E-state index in [2.05, 4.69) is 21.2 Å². The van der Waals surface area contributed by atoms with Gasteiger partial charge in [-0.15, -0.1) is 0 Å². The van der Waals surface area contributed by atoms with Gasteiger partial charge in [0.25, 0.3) is 0 Å². The van der Waals surface area contributed by atoms with Crippen molar-refractivity contribution in [2.75, 3.05) is 0 Å². The van der Waals surface area contributed by atoms with Gasteiger partial charge in [-0.25, -0.2) is 0 Å². The second kappa shape index (κ2) is 7.92. The molecule has 0 saturated carbocycles. The number of benzene rings is 1. The third-order valence-electron chi connectivity index (χ3n) is 3.44. The van der Waals surface area contributed by atoms with Crippen molar-refractivity contribution in [2.45, 2.75) is 32.1 Å². The number of hydrogen-bond donors (Lipinski definition) is 3. The number of nitrogens with one attached hydrogen (secondary N) is 2. The monoisotopic (exact) mass is 379 g/mol. The zero-order chi connectivity index (χ0) is 16.8. The molecule has 1 aromatic rings. The lowest BCUT2D eigenvalue weighted by Crippen LogP contribution is -2.22. The molecular formula is C16H18BrN3O3. The third kappa shape index (κ3) is 5.21. The summed E-state index contributed by atoms with van der Waals surface area (Å²) in [5.74, 6) is -0.438. The zero-order valence-electron chi connectivity index (χ0n) is 12.5. The molecule has 1 aliphatic rings. The summed E-state index contributed by atoms with van der Waals surface area (Å²) in [7, 11) is 0. The molecule has 0 aliphatic carbocycles. The summed E-state index contributed by atoms with van der Waals surface area (Å²) < 4.78 is 5.10. The first kappa shape index (κ1) is 17.2.